The Bertz CT molecular complexity index is 392. The van der Waals surface area contributed by atoms with Gasteiger partial charge in [0.1, 0.15) is 5.75 Å². The van der Waals surface area contributed by atoms with Gasteiger partial charge in [-0.25, -0.2) is 0 Å². The number of nitrogens with one attached hydrogen (secondary N) is 1. The van der Waals surface area contributed by atoms with Crippen LogP contribution in [0.1, 0.15) is 6.42 Å². The van der Waals surface area contributed by atoms with E-state index in [1.165, 1.54) is 0 Å². The number of rotatable bonds is 6. The number of carbonyl (C=O) groups excluding carboxylic acids is 2. The molecule has 92 valence electrons. The molecule has 0 saturated carbocycles. The van der Waals surface area contributed by atoms with Crippen LogP contribution in [0.15, 0.2) is 24.3 Å². The molecule has 0 aliphatic carbocycles. The van der Waals surface area contributed by atoms with E-state index < -0.39 is 5.91 Å². The molecule has 0 bridgehead atoms. The first kappa shape index (κ1) is 13.3. The molecule has 5 nitrogen and oxygen atoms in total. The first-order valence-corrected chi connectivity index (χ1v) is 5.39. The van der Waals surface area contributed by atoms with Crippen LogP contribution in [-0.4, -0.2) is 25.0 Å². The van der Waals surface area contributed by atoms with E-state index in [0.717, 1.165) is 0 Å². The molecule has 0 radical (unpaired) electrons. The first-order valence-electron chi connectivity index (χ1n) is 5.01. The number of amides is 2. The number of carbonyl (C=O) groups is 2. The monoisotopic (exact) mass is 256 g/mol. The zero-order valence-electron chi connectivity index (χ0n) is 9.11. The molecule has 1 rings (SSSR count). The summed E-state index contributed by atoms with van der Waals surface area (Å²) in [4.78, 5) is 21.7. The van der Waals surface area contributed by atoms with Gasteiger partial charge in [-0.15, -0.1) is 0 Å². The van der Waals surface area contributed by atoms with Gasteiger partial charge >= 0.3 is 0 Å². The van der Waals surface area contributed by atoms with Crippen LogP contribution in [0.4, 0.5) is 0 Å². The lowest BCUT2D eigenvalue weighted by Crippen LogP contribution is -2.31. The maximum atomic E-state index is 11.3. The van der Waals surface area contributed by atoms with Crippen molar-refractivity contribution in [2.75, 3.05) is 13.2 Å². The third-order valence-corrected chi connectivity index (χ3v) is 2.13. The van der Waals surface area contributed by atoms with Crippen molar-refractivity contribution in [1.82, 2.24) is 5.32 Å². The zero-order chi connectivity index (χ0) is 12.7. The number of primary amides is 1. The van der Waals surface area contributed by atoms with Crippen molar-refractivity contribution in [2.24, 2.45) is 5.73 Å². The Morgan fingerprint density at radius 3 is 2.53 bits per heavy atom. The molecule has 0 atom stereocenters. The van der Waals surface area contributed by atoms with E-state index in [0.29, 0.717) is 10.8 Å². The normalized spacial score (nSPS) is 9.71. The summed E-state index contributed by atoms with van der Waals surface area (Å²) < 4.78 is 5.19. The maximum Gasteiger partial charge on any atom is 0.257 e. The summed E-state index contributed by atoms with van der Waals surface area (Å²) >= 11 is 5.69. The molecule has 0 unspecified atom stereocenters. The lowest BCUT2D eigenvalue weighted by molar-refractivity contribution is -0.123. The highest BCUT2D eigenvalue weighted by Crippen LogP contribution is 2.15. The van der Waals surface area contributed by atoms with Gasteiger partial charge in [0.05, 0.1) is 0 Å². The lowest BCUT2D eigenvalue weighted by Gasteiger charge is -2.06. The second kappa shape index (κ2) is 6.75. The Balaban J connectivity index is 2.23. The van der Waals surface area contributed by atoms with Gasteiger partial charge in [-0.05, 0) is 24.3 Å². The molecule has 17 heavy (non-hydrogen) atoms. The van der Waals surface area contributed by atoms with E-state index in [-0.39, 0.29) is 25.5 Å². The van der Waals surface area contributed by atoms with Gasteiger partial charge in [-0.3, -0.25) is 9.59 Å². The summed E-state index contributed by atoms with van der Waals surface area (Å²) in [6, 6.07) is 6.67. The second-order valence-corrected chi connectivity index (χ2v) is 3.75. The number of benzene rings is 1. The van der Waals surface area contributed by atoms with Crippen LogP contribution in [-0.2, 0) is 9.59 Å². The van der Waals surface area contributed by atoms with E-state index in [4.69, 9.17) is 22.1 Å². The first-order chi connectivity index (χ1) is 8.08. The highest BCUT2D eigenvalue weighted by molar-refractivity contribution is 6.30. The molecule has 0 aromatic heterocycles. The number of nitrogens with two attached hydrogens (primary N) is 1. The lowest BCUT2D eigenvalue weighted by atomic mass is 10.3. The van der Waals surface area contributed by atoms with E-state index in [1.807, 2.05) is 0 Å². The quantitative estimate of drug-likeness (QED) is 0.787. The van der Waals surface area contributed by atoms with Crippen LogP contribution in [0.3, 0.4) is 0 Å². The Morgan fingerprint density at radius 2 is 1.94 bits per heavy atom. The van der Waals surface area contributed by atoms with Crippen LogP contribution in [0, 0.1) is 0 Å². The van der Waals surface area contributed by atoms with Crippen LogP contribution >= 0.6 is 11.6 Å². The molecule has 1 aromatic carbocycles. The molecule has 3 N–H and O–H groups in total. The molecule has 0 aliphatic rings. The van der Waals surface area contributed by atoms with Crippen LogP contribution in [0.5, 0.6) is 5.75 Å². The smallest absolute Gasteiger partial charge is 0.257 e. The molecule has 0 fully saturated rings. The van der Waals surface area contributed by atoms with E-state index >= 15 is 0 Å². The number of hydrogen-bond donors (Lipinski definition) is 2. The largest absolute Gasteiger partial charge is 0.484 e. The SMILES string of the molecule is NC(=O)CCNC(=O)COc1ccc(Cl)cc1. The van der Waals surface area contributed by atoms with Crippen molar-refractivity contribution < 1.29 is 14.3 Å². The zero-order valence-corrected chi connectivity index (χ0v) is 9.87. The minimum atomic E-state index is -0.455. The molecule has 1 aromatic rings. The average molecular weight is 257 g/mol. The molecule has 0 saturated heterocycles. The summed E-state index contributed by atoms with van der Waals surface area (Å²) in [5.41, 5.74) is 4.92. The molecule has 0 spiro atoms. The van der Waals surface area contributed by atoms with Crippen molar-refractivity contribution in [2.45, 2.75) is 6.42 Å². The van der Waals surface area contributed by atoms with Gasteiger partial charge in [-0.2, -0.15) is 0 Å². The third-order valence-electron chi connectivity index (χ3n) is 1.88. The molecular formula is C11H13ClN2O3. The number of ether oxygens (including phenoxy) is 1. The van der Waals surface area contributed by atoms with Gasteiger partial charge in [0.15, 0.2) is 6.61 Å². The summed E-state index contributed by atoms with van der Waals surface area (Å²) in [7, 11) is 0. The molecule has 0 heterocycles. The van der Waals surface area contributed by atoms with Crippen LogP contribution in [0.25, 0.3) is 0 Å². The van der Waals surface area contributed by atoms with Gasteiger partial charge in [0.25, 0.3) is 5.91 Å². The van der Waals surface area contributed by atoms with Crippen LogP contribution in [0.2, 0.25) is 5.02 Å². The fourth-order valence-corrected chi connectivity index (χ4v) is 1.18. The number of halogens is 1. The fraction of sp³-hybridized carbons (Fsp3) is 0.273. The summed E-state index contributed by atoms with van der Waals surface area (Å²) in [6.07, 6.45) is 0.118. The summed E-state index contributed by atoms with van der Waals surface area (Å²) in [6.45, 7) is 0.110. The number of hydrogen-bond acceptors (Lipinski definition) is 3. The second-order valence-electron chi connectivity index (χ2n) is 3.31. The third kappa shape index (κ3) is 5.77. The predicted molar refractivity (Wildman–Crippen MR) is 63.8 cm³/mol. The van der Waals surface area contributed by atoms with Crippen molar-refractivity contribution in [3.05, 3.63) is 29.3 Å². The molecule has 6 heteroatoms. The minimum Gasteiger partial charge on any atom is -0.484 e. The summed E-state index contributed by atoms with van der Waals surface area (Å²) in [5.74, 6) is -0.204. The van der Waals surface area contributed by atoms with Gasteiger partial charge in [0.2, 0.25) is 5.91 Å². The molecule has 2 amide bonds. The Kier molecular flexibility index (Phi) is 5.29. The molecule has 0 aliphatic heterocycles. The van der Waals surface area contributed by atoms with E-state index in [2.05, 4.69) is 5.32 Å². The van der Waals surface area contributed by atoms with Crippen LogP contribution < -0.4 is 15.8 Å². The maximum absolute atomic E-state index is 11.3. The molecular weight excluding hydrogens is 244 g/mol. The minimum absolute atomic E-state index is 0.111. The van der Waals surface area contributed by atoms with Crippen molar-refractivity contribution in [1.29, 1.82) is 0 Å². The van der Waals surface area contributed by atoms with Crippen molar-refractivity contribution in [3.63, 3.8) is 0 Å². The highest BCUT2D eigenvalue weighted by atomic mass is 35.5. The topological polar surface area (TPSA) is 81.4 Å². The summed E-state index contributed by atoms with van der Waals surface area (Å²) in [5, 5.41) is 3.11. The van der Waals surface area contributed by atoms with Crippen molar-refractivity contribution >= 4 is 23.4 Å². The van der Waals surface area contributed by atoms with Crippen molar-refractivity contribution in [3.8, 4) is 5.75 Å². The average Bonchev–Trinajstić information content (AvgIpc) is 2.28. The Labute approximate surface area is 104 Å². The highest BCUT2D eigenvalue weighted by Gasteiger charge is 2.03. The van der Waals surface area contributed by atoms with Gasteiger partial charge in [-0.1, -0.05) is 11.6 Å². The Hall–Kier alpha value is -1.75. The van der Waals surface area contributed by atoms with Gasteiger partial charge < -0.3 is 15.8 Å². The van der Waals surface area contributed by atoms with Gasteiger partial charge in [0, 0.05) is 18.0 Å². The predicted octanol–water partition coefficient (Wildman–Crippen LogP) is 0.710. The Morgan fingerprint density at radius 1 is 1.29 bits per heavy atom. The fourth-order valence-electron chi connectivity index (χ4n) is 1.06. The standard InChI is InChI=1S/C11H13ClN2O3/c12-8-1-3-9(4-2-8)17-7-11(16)14-6-5-10(13)15/h1-4H,5-7H2,(H2,13,15)(H,14,16). The van der Waals surface area contributed by atoms with E-state index in [1.54, 1.807) is 24.3 Å². The van der Waals surface area contributed by atoms with E-state index in [9.17, 15) is 9.59 Å².